The van der Waals surface area contributed by atoms with E-state index in [1.54, 1.807) is 0 Å². The molecule has 2 aromatic rings. The van der Waals surface area contributed by atoms with Gasteiger partial charge < -0.3 is 9.88 Å². The van der Waals surface area contributed by atoms with E-state index in [0.29, 0.717) is 0 Å². The first-order valence-electron chi connectivity index (χ1n) is 6.47. The number of aryl methyl sites for hydroxylation is 1. The van der Waals surface area contributed by atoms with Gasteiger partial charge in [-0.3, -0.25) is 0 Å². The molecule has 0 aliphatic rings. The first-order chi connectivity index (χ1) is 8.86. The summed E-state index contributed by atoms with van der Waals surface area (Å²) in [5.41, 5.74) is 2.74. The van der Waals surface area contributed by atoms with Crippen molar-refractivity contribution in [3.05, 3.63) is 36.0 Å². The molecular formula is C16H20N2. The highest BCUT2D eigenvalue weighted by atomic mass is 15.0. The van der Waals surface area contributed by atoms with Crippen LogP contribution in [0.15, 0.2) is 30.5 Å². The highest BCUT2D eigenvalue weighted by Gasteiger charge is 2.06. The van der Waals surface area contributed by atoms with Gasteiger partial charge in [0.2, 0.25) is 0 Å². The predicted molar refractivity (Wildman–Crippen MR) is 77.6 cm³/mol. The fraction of sp³-hybridized carbons (Fsp3) is 0.375. The van der Waals surface area contributed by atoms with Gasteiger partial charge in [-0.15, -0.1) is 11.8 Å². The number of nitrogens with zero attached hydrogens (tertiary/aromatic N) is 1. The Hall–Kier alpha value is -1.72. The molecule has 0 radical (unpaired) electrons. The van der Waals surface area contributed by atoms with Gasteiger partial charge in [0.15, 0.2) is 0 Å². The number of aromatic nitrogens is 1. The first kappa shape index (κ1) is 12.7. The Morgan fingerprint density at radius 3 is 2.89 bits per heavy atom. The van der Waals surface area contributed by atoms with Crippen LogP contribution in [0.2, 0.25) is 0 Å². The normalized spacial score (nSPS) is 10.3. The van der Waals surface area contributed by atoms with Gasteiger partial charge in [-0.25, -0.2) is 0 Å². The van der Waals surface area contributed by atoms with Crippen molar-refractivity contribution in [1.82, 2.24) is 9.88 Å². The van der Waals surface area contributed by atoms with Crippen LogP contribution in [0.4, 0.5) is 0 Å². The van der Waals surface area contributed by atoms with E-state index in [-0.39, 0.29) is 0 Å². The summed E-state index contributed by atoms with van der Waals surface area (Å²) in [4.78, 5) is 0. The van der Waals surface area contributed by atoms with Crippen LogP contribution < -0.4 is 5.32 Å². The van der Waals surface area contributed by atoms with Gasteiger partial charge in [-0.05, 0) is 38.6 Å². The summed E-state index contributed by atoms with van der Waals surface area (Å²) in [7, 11) is 2.00. The van der Waals surface area contributed by atoms with Crippen molar-refractivity contribution in [3.8, 4) is 11.8 Å². The summed E-state index contributed by atoms with van der Waals surface area (Å²) >= 11 is 0. The Bertz CT molecular complexity index is 570. The molecule has 1 N–H and O–H groups in total. The molecule has 2 nitrogen and oxygen atoms in total. The van der Waals surface area contributed by atoms with Crippen LogP contribution in [-0.4, -0.2) is 18.2 Å². The second kappa shape index (κ2) is 6.28. The molecule has 1 heterocycles. The third-order valence-electron chi connectivity index (χ3n) is 3.17. The summed E-state index contributed by atoms with van der Waals surface area (Å²) in [5.74, 6) is 6.08. The largest absolute Gasteiger partial charge is 0.346 e. The van der Waals surface area contributed by atoms with Crippen molar-refractivity contribution in [3.63, 3.8) is 0 Å². The van der Waals surface area contributed by atoms with Crippen LogP contribution >= 0.6 is 0 Å². The molecule has 0 fully saturated rings. The SMILES string of the molecule is CC#CCCn1cc(CCNC)c2ccccc21. The van der Waals surface area contributed by atoms with Crippen LogP contribution in [0.1, 0.15) is 18.9 Å². The molecule has 0 aliphatic heterocycles. The lowest BCUT2D eigenvalue weighted by atomic mass is 10.1. The second-order valence-electron chi connectivity index (χ2n) is 4.40. The zero-order valence-corrected chi connectivity index (χ0v) is 11.2. The highest BCUT2D eigenvalue weighted by molar-refractivity contribution is 5.84. The molecule has 94 valence electrons. The molecule has 1 aromatic heterocycles. The Balaban J connectivity index is 2.30. The minimum atomic E-state index is 0.917. The van der Waals surface area contributed by atoms with E-state index >= 15 is 0 Å². The van der Waals surface area contributed by atoms with Crippen molar-refractivity contribution in [1.29, 1.82) is 0 Å². The van der Waals surface area contributed by atoms with Crippen LogP contribution in [0.25, 0.3) is 10.9 Å². The van der Waals surface area contributed by atoms with Gasteiger partial charge in [-0.2, -0.15) is 0 Å². The summed E-state index contributed by atoms with van der Waals surface area (Å²) in [5, 5.41) is 4.58. The summed E-state index contributed by atoms with van der Waals surface area (Å²) in [6.45, 7) is 3.88. The van der Waals surface area contributed by atoms with E-state index in [9.17, 15) is 0 Å². The van der Waals surface area contributed by atoms with Crippen molar-refractivity contribution < 1.29 is 0 Å². The third-order valence-corrected chi connectivity index (χ3v) is 3.17. The Morgan fingerprint density at radius 1 is 1.28 bits per heavy atom. The van der Waals surface area contributed by atoms with E-state index in [2.05, 4.69) is 52.2 Å². The zero-order chi connectivity index (χ0) is 12.8. The Labute approximate surface area is 109 Å². The third kappa shape index (κ3) is 2.75. The number of hydrogen-bond acceptors (Lipinski definition) is 1. The maximum atomic E-state index is 3.21. The van der Waals surface area contributed by atoms with Crippen molar-refractivity contribution in [2.75, 3.05) is 13.6 Å². The first-order valence-corrected chi connectivity index (χ1v) is 6.47. The molecular weight excluding hydrogens is 220 g/mol. The van der Waals surface area contributed by atoms with Gasteiger partial charge in [0, 0.05) is 30.1 Å². The summed E-state index contributed by atoms with van der Waals surface area (Å²) in [6, 6.07) is 8.62. The average Bonchev–Trinajstić information content (AvgIpc) is 2.76. The second-order valence-corrected chi connectivity index (χ2v) is 4.40. The minimum Gasteiger partial charge on any atom is -0.346 e. The molecule has 18 heavy (non-hydrogen) atoms. The molecule has 1 aromatic carbocycles. The van der Waals surface area contributed by atoms with Gasteiger partial charge in [0.05, 0.1) is 0 Å². The average molecular weight is 240 g/mol. The van der Waals surface area contributed by atoms with Crippen molar-refractivity contribution in [2.24, 2.45) is 0 Å². The highest BCUT2D eigenvalue weighted by Crippen LogP contribution is 2.21. The number of hydrogen-bond donors (Lipinski definition) is 1. The van der Waals surface area contributed by atoms with E-state index in [0.717, 1.165) is 25.9 Å². The van der Waals surface area contributed by atoms with E-state index in [1.165, 1.54) is 16.5 Å². The van der Waals surface area contributed by atoms with Crippen LogP contribution in [0, 0.1) is 11.8 Å². The molecule has 0 atom stereocenters. The smallest absolute Gasteiger partial charge is 0.0483 e. The molecule has 0 unspecified atom stereocenters. The van der Waals surface area contributed by atoms with Gasteiger partial charge in [0.1, 0.15) is 0 Å². The van der Waals surface area contributed by atoms with Crippen LogP contribution in [0.5, 0.6) is 0 Å². The molecule has 0 aliphatic carbocycles. The molecule has 0 spiro atoms. The van der Waals surface area contributed by atoms with E-state index < -0.39 is 0 Å². The zero-order valence-electron chi connectivity index (χ0n) is 11.2. The quantitative estimate of drug-likeness (QED) is 0.795. The van der Waals surface area contributed by atoms with Gasteiger partial charge >= 0.3 is 0 Å². The number of nitrogens with one attached hydrogen (secondary N) is 1. The summed E-state index contributed by atoms with van der Waals surface area (Å²) < 4.78 is 2.32. The lowest BCUT2D eigenvalue weighted by Crippen LogP contribution is -2.10. The lowest BCUT2D eigenvalue weighted by Gasteiger charge is -2.01. The Kier molecular flexibility index (Phi) is 4.44. The van der Waals surface area contributed by atoms with Gasteiger partial charge in [0.25, 0.3) is 0 Å². The number of likely N-dealkylation sites (N-methyl/N-ethyl adjacent to an activating group) is 1. The molecule has 0 saturated carbocycles. The number of benzene rings is 1. The van der Waals surface area contributed by atoms with Crippen molar-refractivity contribution in [2.45, 2.75) is 26.3 Å². The topological polar surface area (TPSA) is 17.0 Å². The maximum absolute atomic E-state index is 3.21. The monoisotopic (exact) mass is 240 g/mol. The van der Waals surface area contributed by atoms with E-state index in [1.807, 2.05) is 14.0 Å². The fourth-order valence-electron chi connectivity index (χ4n) is 2.27. The number of rotatable bonds is 5. The molecule has 0 amide bonds. The van der Waals surface area contributed by atoms with Crippen LogP contribution in [0.3, 0.4) is 0 Å². The Morgan fingerprint density at radius 2 is 2.11 bits per heavy atom. The predicted octanol–water partition coefficient (Wildman–Crippen LogP) is 2.82. The standard InChI is InChI=1S/C16H20N2/c1-3-4-7-12-18-13-14(10-11-17-2)15-8-5-6-9-16(15)18/h5-6,8-9,13,17H,7,10-12H2,1-2H3. The number of fused-ring (bicyclic) bond motifs is 1. The minimum absolute atomic E-state index is 0.917. The van der Waals surface area contributed by atoms with Crippen molar-refractivity contribution >= 4 is 10.9 Å². The van der Waals surface area contributed by atoms with Crippen LogP contribution in [-0.2, 0) is 13.0 Å². The summed E-state index contributed by atoms with van der Waals surface area (Å²) in [6.07, 6.45) is 4.27. The van der Waals surface area contributed by atoms with E-state index in [4.69, 9.17) is 0 Å². The lowest BCUT2D eigenvalue weighted by molar-refractivity contribution is 0.738. The maximum Gasteiger partial charge on any atom is 0.0483 e. The molecule has 2 heteroatoms. The molecule has 0 saturated heterocycles. The fourth-order valence-corrected chi connectivity index (χ4v) is 2.27. The molecule has 0 bridgehead atoms. The molecule has 2 rings (SSSR count). The number of para-hydroxylation sites is 1. The van der Waals surface area contributed by atoms with Gasteiger partial charge in [-0.1, -0.05) is 18.2 Å².